The van der Waals surface area contributed by atoms with Crippen molar-refractivity contribution in [1.82, 2.24) is 0 Å². The van der Waals surface area contributed by atoms with E-state index in [-0.39, 0.29) is 0 Å². The van der Waals surface area contributed by atoms with Gasteiger partial charge in [0.25, 0.3) is 0 Å². The summed E-state index contributed by atoms with van der Waals surface area (Å²) >= 11 is 0. The second kappa shape index (κ2) is 8.98. The first kappa shape index (κ1) is 20.2. The smallest absolute Gasteiger partial charge is 0.203 e. The van der Waals surface area contributed by atoms with Crippen molar-refractivity contribution in [2.45, 2.75) is 6.92 Å². The SMILES string of the molecule is COc1ccc(C(C=O)=C(C)c2cc(OC)c(OC)c(OC)c2)cc1OC. The third-order valence-corrected chi connectivity index (χ3v) is 4.31. The molecular formula is C21H24O6. The van der Waals surface area contributed by atoms with E-state index in [4.69, 9.17) is 23.7 Å². The zero-order valence-corrected chi connectivity index (χ0v) is 16.4. The first-order valence-electron chi connectivity index (χ1n) is 8.23. The summed E-state index contributed by atoms with van der Waals surface area (Å²) in [6, 6.07) is 8.96. The van der Waals surface area contributed by atoms with Gasteiger partial charge in [0.2, 0.25) is 5.75 Å². The highest BCUT2D eigenvalue weighted by Gasteiger charge is 2.17. The van der Waals surface area contributed by atoms with Crippen LogP contribution < -0.4 is 23.7 Å². The number of carbonyl (C=O) groups is 1. The summed E-state index contributed by atoms with van der Waals surface area (Å²) in [5.41, 5.74) is 2.77. The van der Waals surface area contributed by atoms with Gasteiger partial charge in [-0.1, -0.05) is 6.07 Å². The Morgan fingerprint density at radius 1 is 0.704 bits per heavy atom. The highest BCUT2D eigenvalue weighted by Crippen LogP contribution is 2.41. The van der Waals surface area contributed by atoms with Gasteiger partial charge in [-0.2, -0.15) is 0 Å². The van der Waals surface area contributed by atoms with Crippen LogP contribution in [0.25, 0.3) is 11.1 Å². The predicted octanol–water partition coefficient (Wildman–Crippen LogP) is 3.86. The molecule has 0 radical (unpaired) electrons. The molecule has 0 saturated carbocycles. The number of allylic oxidation sites excluding steroid dienone is 2. The van der Waals surface area contributed by atoms with Gasteiger partial charge in [-0.15, -0.1) is 0 Å². The summed E-state index contributed by atoms with van der Waals surface area (Å²) in [6.45, 7) is 1.86. The Hall–Kier alpha value is -3.15. The van der Waals surface area contributed by atoms with Crippen molar-refractivity contribution in [3.63, 3.8) is 0 Å². The predicted molar refractivity (Wildman–Crippen MR) is 104 cm³/mol. The van der Waals surface area contributed by atoms with Gasteiger partial charge in [0, 0.05) is 5.57 Å². The van der Waals surface area contributed by atoms with E-state index in [0.29, 0.717) is 39.9 Å². The lowest BCUT2D eigenvalue weighted by molar-refractivity contribution is -0.103. The molecule has 6 nitrogen and oxygen atoms in total. The number of hydrogen-bond donors (Lipinski definition) is 0. The van der Waals surface area contributed by atoms with E-state index in [9.17, 15) is 4.79 Å². The Morgan fingerprint density at radius 3 is 1.67 bits per heavy atom. The highest BCUT2D eigenvalue weighted by atomic mass is 16.5. The van der Waals surface area contributed by atoms with Crippen LogP contribution in [0.4, 0.5) is 0 Å². The number of benzene rings is 2. The Balaban J connectivity index is 2.65. The second-order valence-corrected chi connectivity index (χ2v) is 5.64. The molecular weight excluding hydrogens is 348 g/mol. The number of hydrogen-bond acceptors (Lipinski definition) is 6. The zero-order chi connectivity index (χ0) is 20.0. The number of methoxy groups -OCH3 is 5. The van der Waals surface area contributed by atoms with Gasteiger partial charge in [0.1, 0.15) is 0 Å². The van der Waals surface area contributed by atoms with E-state index in [1.807, 2.05) is 13.0 Å². The molecule has 0 amide bonds. The van der Waals surface area contributed by atoms with E-state index in [0.717, 1.165) is 17.4 Å². The fraction of sp³-hybridized carbons (Fsp3) is 0.286. The van der Waals surface area contributed by atoms with Crippen molar-refractivity contribution in [1.29, 1.82) is 0 Å². The molecule has 0 bridgehead atoms. The van der Waals surface area contributed by atoms with Crippen LogP contribution in [0.5, 0.6) is 28.7 Å². The highest BCUT2D eigenvalue weighted by molar-refractivity contribution is 6.17. The Labute approximate surface area is 159 Å². The molecule has 6 heteroatoms. The molecule has 0 aliphatic carbocycles. The molecule has 2 aromatic carbocycles. The van der Waals surface area contributed by atoms with Crippen LogP contribution in [0.3, 0.4) is 0 Å². The standard InChI is InChI=1S/C21H24O6/c1-13(15-10-19(25-4)21(27-6)20(11-15)26-5)16(12-22)14-7-8-17(23-2)18(9-14)24-3/h7-12H,1-6H3. The Bertz CT molecular complexity index is 829. The monoisotopic (exact) mass is 372 g/mol. The lowest BCUT2D eigenvalue weighted by Crippen LogP contribution is -1.98. The van der Waals surface area contributed by atoms with Gasteiger partial charge in [-0.3, -0.25) is 4.79 Å². The summed E-state index contributed by atoms with van der Waals surface area (Å²) in [5, 5.41) is 0. The average molecular weight is 372 g/mol. The molecule has 2 aromatic rings. The fourth-order valence-electron chi connectivity index (χ4n) is 2.83. The van der Waals surface area contributed by atoms with E-state index < -0.39 is 0 Å². The molecule has 0 unspecified atom stereocenters. The summed E-state index contributed by atoms with van der Waals surface area (Å²) in [6.07, 6.45) is 0.819. The first-order valence-corrected chi connectivity index (χ1v) is 8.23. The molecule has 0 aromatic heterocycles. The third-order valence-electron chi connectivity index (χ3n) is 4.31. The van der Waals surface area contributed by atoms with Crippen LogP contribution in [-0.4, -0.2) is 41.8 Å². The minimum absolute atomic E-state index is 0.496. The molecule has 0 N–H and O–H groups in total. The third kappa shape index (κ3) is 4.00. The van der Waals surface area contributed by atoms with E-state index in [2.05, 4.69) is 0 Å². The molecule has 27 heavy (non-hydrogen) atoms. The maximum absolute atomic E-state index is 11.9. The summed E-state index contributed by atoms with van der Waals surface area (Å²) < 4.78 is 26.8. The van der Waals surface area contributed by atoms with Crippen LogP contribution in [-0.2, 0) is 4.79 Å². The van der Waals surface area contributed by atoms with Gasteiger partial charge >= 0.3 is 0 Å². The molecule has 0 heterocycles. The zero-order valence-electron chi connectivity index (χ0n) is 16.4. The Kier molecular flexibility index (Phi) is 6.71. The van der Waals surface area contributed by atoms with Gasteiger partial charge < -0.3 is 23.7 Å². The minimum Gasteiger partial charge on any atom is -0.493 e. The lowest BCUT2D eigenvalue weighted by atomic mass is 9.96. The van der Waals surface area contributed by atoms with Crippen LogP contribution in [0.1, 0.15) is 18.1 Å². The maximum atomic E-state index is 11.9. The van der Waals surface area contributed by atoms with Gasteiger partial charge in [-0.25, -0.2) is 0 Å². The first-order chi connectivity index (χ1) is 13.0. The van der Waals surface area contributed by atoms with Crippen LogP contribution in [0, 0.1) is 0 Å². The van der Waals surface area contributed by atoms with Gasteiger partial charge in [0.05, 0.1) is 35.5 Å². The van der Waals surface area contributed by atoms with Crippen LogP contribution in [0.15, 0.2) is 30.3 Å². The maximum Gasteiger partial charge on any atom is 0.203 e. The van der Waals surface area contributed by atoms with Crippen molar-refractivity contribution >= 4 is 17.4 Å². The van der Waals surface area contributed by atoms with Crippen molar-refractivity contribution < 1.29 is 28.5 Å². The number of aldehydes is 1. The second-order valence-electron chi connectivity index (χ2n) is 5.64. The summed E-state index contributed by atoms with van der Waals surface area (Å²) in [5.74, 6) is 2.67. The quantitative estimate of drug-likeness (QED) is 0.398. The molecule has 2 rings (SSSR count). The fourth-order valence-corrected chi connectivity index (χ4v) is 2.83. The van der Waals surface area contributed by atoms with Crippen molar-refractivity contribution in [3.05, 3.63) is 41.5 Å². The Morgan fingerprint density at radius 2 is 1.22 bits per heavy atom. The normalized spacial score (nSPS) is 11.3. The largest absolute Gasteiger partial charge is 0.493 e. The average Bonchev–Trinajstić information content (AvgIpc) is 2.72. The molecule has 0 fully saturated rings. The van der Waals surface area contributed by atoms with Crippen molar-refractivity contribution in [2.24, 2.45) is 0 Å². The van der Waals surface area contributed by atoms with E-state index in [1.165, 1.54) is 0 Å². The molecule has 0 saturated heterocycles. The van der Waals surface area contributed by atoms with Crippen LogP contribution in [0.2, 0.25) is 0 Å². The van der Waals surface area contributed by atoms with Crippen LogP contribution >= 0.6 is 0 Å². The lowest BCUT2D eigenvalue weighted by Gasteiger charge is -2.16. The number of ether oxygens (including phenoxy) is 5. The van der Waals surface area contributed by atoms with Crippen molar-refractivity contribution in [3.8, 4) is 28.7 Å². The van der Waals surface area contributed by atoms with Gasteiger partial charge in [-0.05, 0) is 47.9 Å². The topological polar surface area (TPSA) is 63.2 Å². The molecule has 0 spiro atoms. The van der Waals surface area contributed by atoms with Crippen molar-refractivity contribution in [2.75, 3.05) is 35.5 Å². The van der Waals surface area contributed by atoms with E-state index in [1.54, 1.807) is 59.8 Å². The number of rotatable bonds is 8. The number of carbonyl (C=O) groups excluding carboxylic acids is 1. The minimum atomic E-state index is 0.496. The molecule has 0 aliphatic heterocycles. The van der Waals surface area contributed by atoms with E-state index >= 15 is 0 Å². The van der Waals surface area contributed by atoms with Gasteiger partial charge in [0.15, 0.2) is 29.3 Å². The molecule has 0 aliphatic rings. The summed E-state index contributed by atoms with van der Waals surface area (Å²) in [7, 11) is 7.76. The molecule has 0 atom stereocenters. The summed E-state index contributed by atoms with van der Waals surface area (Å²) in [4.78, 5) is 11.9. The molecule has 144 valence electrons.